The molecular weight excluding hydrogens is 256 g/mol. The number of anilines is 1. The fourth-order valence-electron chi connectivity index (χ4n) is 1.88. The van der Waals surface area contributed by atoms with E-state index in [4.69, 9.17) is 5.73 Å². The van der Waals surface area contributed by atoms with Crippen LogP contribution in [0.1, 0.15) is 24.3 Å². The molecule has 0 spiro atoms. The molecule has 0 unspecified atom stereocenters. The molecule has 0 saturated heterocycles. The van der Waals surface area contributed by atoms with E-state index in [-0.39, 0.29) is 11.4 Å². The first-order valence-electron chi connectivity index (χ1n) is 6.39. The summed E-state index contributed by atoms with van der Waals surface area (Å²) in [4.78, 5) is 15.5. The van der Waals surface area contributed by atoms with E-state index in [9.17, 15) is 4.79 Å². The number of rotatable bonds is 4. The second-order valence-corrected chi connectivity index (χ2v) is 4.97. The van der Waals surface area contributed by atoms with Gasteiger partial charge in [-0.05, 0) is 18.1 Å². The van der Waals surface area contributed by atoms with Crippen LogP contribution in [-0.4, -0.2) is 27.8 Å². The third-order valence-corrected chi connectivity index (χ3v) is 2.78. The van der Waals surface area contributed by atoms with Gasteiger partial charge in [-0.3, -0.25) is 4.68 Å². The van der Waals surface area contributed by atoms with Gasteiger partial charge < -0.3 is 10.5 Å². The zero-order valence-corrected chi connectivity index (χ0v) is 11.8. The van der Waals surface area contributed by atoms with Crippen molar-refractivity contribution in [3.63, 3.8) is 0 Å². The van der Waals surface area contributed by atoms with E-state index in [0.717, 1.165) is 17.8 Å². The summed E-state index contributed by atoms with van der Waals surface area (Å²) >= 11 is 0. The van der Waals surface area contributed by atoms with Gasteiger partial charge in [-0.2, -0.15) is 5.10 Å². The first kappa shape index (κ1) is 14.0. The van der Waals surface area contributed by atoms with Crippen molar-refractivity contribution in [3.8, 4) is 11.3 Å². The van der Waals surface area contributed by atoms with Crippen molar-refractivity contribution in [2.45, 2.75) is 20.4 Å². The molecule has 2 rings (SSSR count). The van der Waals surface area contributed by atoms with Crippen molar-refractivity contribution in [3.05, 3.63) is 30.2 Å². The highest BCUT2D eigenvalue weighted by molar-refractivity contribution is 5.93. The fraction of sp³-hybridized carbons (Fsp3) is 0.357. The van der Waals surface area contributed by atoms with Gasteiger partial charge in [-0.1, -0.05) is 13.8 Å². The lowest BCUT2D eigenvalue weighted by Gasteiger charge is -2.05. The summed E-state index contributed by atoms with van der Waals surface area (Å²) in [5.74, 6) is -0.0213. The molecule has 0 atom stereocenters. The van der Waals surface area contributed by atoms with E-state index in [1.807, 2.05) is 16.9 Å². The van der Waals surface area contributed by atoms with Crippen LogP contribution in [0.15, 0.2) is 24.5 Å². The van der Waals surface area contributed by atoms with Gasteiger partial charge in [-0.25, -0.2) is 9.78 Å². The Morgan fingerprint density at radius 2 is 2.25 bits per heavy atom. The summed E-state index contributed by atoms with van der Waals surface area (Å²) in [6.45, 7) is 5.11. The highest BCUT2D eigenvalue weighted by Crippen LogP contribution is 2.21. The molecule has 0 aliphatic heterocycles. The fourth-order valence-corrected chi connectivity index (χ4v) is 1.88. The van der Waals surface area contributed by atoms with Gasteiger partial charge in [0.1, 0.15) is 0 Å². The molecule has 0 bridgehead atoms. The molecule has 6 heteroatoms. The van der Waals surface area contributed by atoms with Crippen LogP contribution in [0, 0.1) is 5.92 Å². The van der Waals surface area contributed by atoms with E-state index in [2.05, 4.69) is 28.7 Å². The second-order valence-electron chi connectivity index (χ2n) is 4.97. The first-order chi connectivity index (χ1) is 9.51. The van der Waals surface area contributed by atoms with Gasteiger partial charge in [0.25, 0.3) is 0 Å². The predicted octanol–water partition coefficient (Wildman–Crippen LogP) is 1.97. The van der Waals surface area contributed by atoms with Crippen LogP contribution < -0.4 is 5.73 Å². The van der Waals surface area contributed by atoms with Crippen LogP contribution in [0.2, 0.25) is 0 Å². The number of nitrogens with two attached hydrogens (primary N) is 1. The van der Waals surface area contributed by atoms with Gasteiger partial charge in [0.05, 0.1) is 18.5 Å². The molecule has 106 valence electrons. The number of nitrogen functional groups attached to an aromatic ring is 1. The molecule has 0 aromatic carbocycles. The summed E-state index contributed by atoms with van der Waals surface area (Å²) in [5.41, 5.74) is 7.79. The Bertz CT molecular complexity index is 619. The molecule has 0 fully saturated rings. The zero-order chi connectivity index (χ0) is 14.7. The Morgan fingerprint density at radius 3 is 2.85 bits per heavy atom. The largest absolute Gasteiger partial charge is 0.464 e. The van der Waals surface area contributed by atoms with Gasteiger partial charge in [0, 0.05) is 24.5 Å². The average Bonchev–Trinajstić information content (AvgIpc) is 2.85. The minimum Gasteiger partial charge on any atom is -0.464 e. The molecule has 2 heterocycles. The smallest absolute Gasteiger partial charge is 0.358 e. The monoisotopic (exact) mass is 274 g/mol. The number of hydrogen-bond donors (Lipinski definition) is 1. The van der Waals surface area contributed by atoms with Crippen molar-refractivity contribution in [2.75, 3.05) is 12.8 Å². The maximum Gasteiger partial charge on any atom is 0.358 e. The Labute approximate surface area is 117 Å². The number of pyridine rings is 1. The molecule has 2 N–H and O–H groups in total. The average molecular weight is 274 g/mol. The molecule has 2 aromatic heterocycles. The standard InChI is InChI=1S/C14H18N4O2/c1-9(2)8-18-5-4-12(17-18)10-6-11(15)13(16-7-10)14(19)20-3/h4-7,9H,8,15H2,1-3H3. The molecule has 0 aliphatic carbocycles. The van der Waals surface area contributed by atoms with Crippen molar-refractivity contribution in [1.82, 2.24) is 14.8 Å². The lowest BCUT2D eigenvalue weighted by molar-refractivity contribution is 0.0595. The van der Waals surface area contributed by atoms with Gasteiger partial charge in [-0.15, -0.1) is 0 Å². The lowest BCUT2D eigenvalue weighted by atomic mass is 10.2. The van der Waals surface area contributed by atoms with E-state index < -0.39 is 5.97 Å². The van der Waals surface area contributed by atoms with E-state index in [0.29, 0.717) is 5.92 Å². The summed E-state index contributed by atoms with van der Waals surface area (Å²) < 4.78 is 6.49. The molecule has 0 radical (unpaired) electrons. The van der Waals surface area contributed by atoms with Crippen LogP contribution in [0.3, 0.4) is 0 Å². The highest BCUT2D eigenvalue weighted by atomic mass is 16.5. The summed E-state index contributed by atoms with van der Waals surface area (Å²) in [5, 5.41) is 4.46. The minimum atomic E-state index is -0.542. The van der Waals surface area contributed by atoms with Gasteiger partial charge in [0.15, 0.2) is 5.69 Å². The first-order valence-corrected chi connectivity index (χ1v) is 6.39. The molecule has 6 nitrogen and oxygen atoms in total. The Balaban J connectivity index is 2.27. The number of esters is 1. The number of ether oxygens (including phenoxy) is 1. The Morgan fingerprint density at radius 1 is 1.50 bits per heavy atom. The van der Waals surface area contributed by atoms with Crippen LogP contribution in [0.4, 0.5) is 5.69 Å². The SMILES string of the molecule is COC(=O)c1ncc(-c2ccn(CC(C)C)n2)cc1N. The molecular formula is C14H18N4O2. The van der Waals surface area contributed by atoms with Crippen LogP contribution in [0.5, 0.6) is 0 Å². The highest BCUT2D eigenvalue weighted by Gasteiger charge is 2.13. The minimum absolute atomic E-state index is 0.123. The molecule has 0 saturated carbocycles. The van der Waals surface area contributed by atoms with Crippen molar-refractivity contribution in [1.29, 1.82) is 0 Å². The molecule has 0 aliphatic rings. The molecule has 2 aromatic rings. The maximum absolute atomic E-state index is 11.4. The van der Waals surface area contributed by atoms with Crippen LogP contribution in [-0.2, 0) is 11.3 Å². The second kappa shape index (κ2) is 5.73. The van der Waals surface area contributed by atoms with Gasteiger partial charge >= 0.3 is 5.97 Å². The maximum atomic E-state index is 11.4. The van der Waals surface area contributed by atoms with Gasteiger partial charge in [0.2, 0.25) is 0 Å². The van der Waals surface area contributed by atoms with Crippen LogP contribution >= 0.6 is 0 Å². The Kier molecular flexibility index (Phi) is 4.02. The van der Waals surface area contributed by atoms with Crippen molar-refractivity contribution in [2.24, 2.45) is 5.92 Å². The number of aromatic nitrogens is 3. The third kappa shape index (κ3) is 2.96. The predicted molar refractivity (Wildman–Crippen MR) is 76.0 cm³/mol. The van der Waals surface area contributed by atoms with E-state index in [1.54, 1.807) is 12.3 Å². The van der Waals surface area contributed by atoms with E-state index >= 15 is 0 Å². The molecule has 20 heavy (non-hydrogen) atoms. The zero-order valence-electron chi connectivity index (χ0n) is 11.8. The lowest BCUT2D eigenvalue weighted by Crippen LogP contribution is -2.08. The number of nitrogens with zero attached hydrogens (tertiary/aromatic N) is 3. The quantitative estimate of drug-likeness (QED) is 0.862. The van der Waals surface area contributed by atoms with Crippen molar-refractivity contribution < 1.29 is 9.53 Å². The van der Waals surface area contributed by atoms with Crippen molar-refractivity contribution >= 4 is 11.7 Å². The normalized spacial score (nSPS) is 10.8. The summed E-state index contributed by atoms with van der Waals surface area (Å²) in [6, 6.07) is 3.58. The van der Waals surface area contributed by atoms with Crippen LogP contribution in [0.25, 0.3) is 11.3 Å². The summed E-state index contributed by atoms with van der Waals surface area (Å²) in [7, 11) is 1.30. The molecule has 0 amide bonds. The van der Waals surface area contributed by atoms with E-state index in [1.165, 1.54) is 7.11 Å². The number of methoxy groups -OCH3 is 1. The third-order valence-electron chi connectivity index (χ3n) is 2.78. The Hall–Kier alpha value is -2.37. The number of carbonyl (C=O) groups is 1. The topological polar surface area (TPSA) is 83.0 Å². The summed E-state index contributed by atoms with van der Waals surface area (Å²) in [6.07, 6.45) is 3.49. The number of carbonyl (C=O) groups excluding carboxylic acids is 1. The number of hydrogen-bond acceptors (Lipinski definition) is 5.